The summed E-state index contributed by atoms with van der Waals surface area (Å²) in [6.45, 7) is 1.93. The van der Waals surface area contributed by atoms with Gasteiger partial charge in [-0.2, -0.15) is 5.10 Å². The van der Waals surface area contributed by atoms with E-state index < -0.39 is 0 Å². The van der Waals surface area contributed by atoms with Crippen LogP contribution >= 0.6 is 0 Å². The number of aromatic amines is 1. The molecule has 0 unspecified atom stereocenters. The van der Waals surface area contributed by atoms with E-state index in [0.717, 1.165) is 19.0 Å². The first-order chi connectivity index (χ1) is 7.43. The van der Waals surface area contributed by atoms with Gasteiger partial charge in [0.15, 0.2) is 0 Å². The maximum Gasteiger partial charge on any atom is 0.225 e. The van der Waals surface area contributed by atoms with Crippen LogP contribution in [0.3, 0.4) is 0 Å². The van der Waals surface area contributed by atoms with Gasteiger partial charge in [-0.3, -0.25) is 5.10 Å². The Morgan fingerprint density at radius 2 is 2.00 bits per heavy atom. The first-order valence-corrected chi connectivity index (χ1v) is 4.95. The van der Waals surface area contributed by atoms with Gasteiger partial charge in [0.1, 0.15) is 0 Å². The second-order valence-electron chi connectivity index (χ2n) is 3.66. The molecule has 15 heavy (non-hydrogen) atoms. The Morgan fingerprint density at radius 3 is 2.67 bits per heavy atom. The zero-order chi connectivity index (χ0) is 10.1. The minimum Gasteiger partial charge on any atom is -0.339 e. The van der Waals surface area contributed by atoms with Crippen LogP contribution in [0.4, 0.5) is 5.95 Å². The Labute approximate surface area is 87.2 Å². The summed E-state index contributed by atoms with van der Waals surface area (Å²) in [5, 5.41) is 6.94. The van der Waals surface area contributed by atoms with Gasteiger partial charge in [-0.05, 0) is 12.1 Å². The van der Waals surface area contributed by atoms with Gasteiger partial charge in [-0.15, -0.1) is 0 Å². The molecule has 0 amide bonds. The molecule has 0 aliphatic carbocycles. The molecule has 0 radical (unpaired) electrons. The molecule has 3 heterocycles. The van der Waals surface area contributed by atoms with E-state index in [4.69, 9.17) is 0 Å². The lowest BCUT2D eigenvalue weighted by Crippen LogP contribution is -2.46. The summed E-state index contributed by atoms with van der Waals surface area (Å²) < 4.78 is 0. The van der Waals surface area contributed by atoms with Crippen LogP contribution in [-0.2, 0) is 0 Å². The number of rotatable bonds is 2. The summed E-state index contributed by atoms with van der Waals surface area (Å²) in [6.07, 6.45) is 5.33. The largest absolute Gasteiger partial charge is 0.339 e. The van der Waals surface area contributed by atoms with Gasteiger partial charge in [-0.25, -0.2) is 9.97 Å². The van der Waals surface area contributed by atoms with Crippen LogP contribution in [0.5, 0.6) is 0 Å². The third-order valence-corrected chi connectivity index (χ3v) is 2.68. The van der Waals surface area contributed by atoms with Crippen molar-refractivity contribution in [1.82, 2.24) is 20.2 Å². The SMILES string of the molecule is c1cnc(N2CC(c3ccn[nH]3)C2)nc1. The van der Waals surface area contributed by atoms with Gasteiger partial charge in [-0.1, -0.05) is 0 Å². The number of aromatic nitrogens is 4. The molecule has 3 rings (SSSR count). The number of nitrogens with zero attached hydrogens (tertiary/aromatic N) is 4. The summed E-state index contributed by atoms with van der Waals surface area (Å²) in [5.41, 5.74) is 1.20. The highest BCUT2D eigenvalue weighted by molar-refractivity contribution is 5.37. The molecule has 0 bridgehead atoms. The Balaban J connectivity index is 1.68. The molecule has 1 fully saturated rings. The Hall–Kier alpha value is -1.91. The van der Waals surface area contributed by atoms with Crippen LogP contribution in [0.15, 0.2) is 30.7 Å². The van der Waals surface area contributed by atoms with Crippen molar-refractivity contribution in [3.05, 3.63) is 36.4 Å². The fraction of sp³-hybridized carbons (Fsp3) is 0.300. The second-order valence-corrected chi connectivity index (χ2v) is 3.66. The zero-order valence-corrected chi connectivity index (χ0v) is 8.17. The lowest BCUT2D eigenvalue weighted by atomic mass is 9.97. The molecule has 0 atom stereocenters. The average molecular weight is 201 g/mol. The molecular formula is C10H11N5. The van der Waals surface area contributed by atoms with Gasteiger partial charge in [0.05, 0.1) is 0 Å². The molecule has 0 aromatic carbocycles. The highest BCUT2D eigenvalue weighted by atomic mass is 15.3. The third-order valence-electron chi connectivity index (χ3n) is 2.68. The lowest BCUT2D eigenvalue weighted by Gasteiger charge is -2.38. The fourth-order valence-corrected chi connectivity index (χ4v) is 1.79. The van der Waals surface area contributed by atoms with E-state index in [-0.39, 0.29) is 0 Å². The Kier molecular flexibility index (Phi) is 1.87. The molecular weight excluding hydrogens is 190 g/mol. The molecule has 1 N–H and O–H groups in total. The van der Waals surface area contributed by atoms with Gasteiger partial charge >= 0.3 is 0 Å². The van der Waals surface area contributed by atoms with Crippen molar-refractivity contribution in [2.24, 2.45) is 0 Å². The maximum absolute atomic E-state index is 4.21. The highest BCUT2D eigenvalue weighted by Crippen LogP contribution is 2.27. The summed E-state index contributed by atoms with van der Waals surface area (Å²) >= 11 is 0. The summed E-state index contributed by atoms with van der Waals surface area (Å²) in [4.78, 5) is 10.6. The van der Waals surface area contributed by atoms with E-state index >= 15 is 0 Å². The molecule has 2 aromatic rings. The number of H-pyrrole nitrogens is 1. The maximum atomic E-state index is 4.21. The van der Waals surface area contributed by atoms with Gasteiger partial charge in [0, 0.05) is 43.3 Å². The van der Waals surface area contributed by atoms with E-state index in [0.29, 0.717) is 5.92 Å². The predicted molar refractivity (Wildman–Crippen MR) is 55.6 cm³/mol. The van der Waals surface area contributed by atoms with Crippen molar-refractivity contribution < 1.29 is 0 Å². The fourth-order valence-electron chi connectivity index (χ4n) is 1.79. The Bertz CT molecular complexity index is 418. The number of nitrogens with one attached hydrogen (secondary N) is 1. The van der Waals surface area contributed by atoms with Crippen molar-refractivity contribution in [3.8, 4) is 0 Å². The normalized spacial score (nSPS) is 16.4. The number of anilines is 1. The van der Waals surface area contributed by atoms with Crippen LogP contribution in [0.1, 0.15) is 11.6 Å². The third kappa shape index (κ3) is 1.45. The molecule has 76 valence electrons. The van der Waals surface area contributed by atoms with E-state index in [2.05, 4.69) is 25.1 Å². The van der Waals surface area contributed by atoms with Crippen molar-refractivity contribution >= 4 is 5.95 Å². The molecule has 1 aliphatic heterocycles. The predicted octanol–water partition coefficient (Wildman–Crippen LogP) is 0.803. The zero-order valence-electron chi connectivity index (χ0n) is 8.17. The van der Waals surface area contributed by atoms with E-state index in [1.54, 1.807) is 18.6 Å². The molecule has 5 nitrogen and oxygen atoms in total. The van der Waals surface area contributed by atoms with Gasteiger partial charge in [0.25, 0.3) is 0 Å². The van der Waals surface area contributed by atoms with Crippen LogP contribution in [0.2, 0.25) is 0 Å². The Morgan fingerprint density at radius 1 is 1.20 bits per heavy atom. The molecule has 0 saturated carbocycles. The summed E-state index contributed by atoms with van der Waals surface area (Å²) in [5.74, 6) is 1.35. The topological polar surface area (TPSA) is 57.7 Å². The van der Waals surface area contributed by atoms with Crippen LogP contribution in [0.25, 0.3) is 0 Å². The first-order valence-electron chi connectivity index (χ1n) is 4.95. The van der Waals surface area contributed by atoms with E-state index in [9.17, 15) is 0 Å². The van der Waals surface area contributed by atoms with Crippen LogP contribution in [0, 0.1) is 0 Å². The van der Waals surface area contributed by atoms with Gasteiger partial charge in [0.2, 0.25) is 5.95 Å². The first kappa shape index (κ1) is 8.40. The smallest absolute Gasteiger partial charge is 0.225 e. The van der Waals surface area contributed by atoms with Crippen LogP contribution < -0.4 is 4.90 Å². The lowest BCUT2D eigenvalue weighted by molar-refractivity contribution is 0.502. The van der Waals surface area contributed by atoms with Crippen LogP contribution in [-0.4, -0.2) is 33.3 Å². The van der Waals surface area contributed by atoms with Crippen molar-refractivity contribution in [2.75, 3.05) is 18.0 Å². The highest BCUT2D eigenvalue weighted by Gasteiger charge is 2.30. The number of hydrogen-bond acceptors (Lipinski definition) is 4. The standard InChI is InChI=1S/C10H11N5/c1-3-11-10(12-4-1)15-6-8(7-15)9-2-5-13-14-9/h1-5,8H,6-7H2,(H,13,14). The minimum atomic E-state index is 0.538. The molecule has 1 saturated heterocycles. The van der Waals surface area contributed by atoms with Gasteiger partial charge < -0.3 is 4.90 Å². The molecule has 0 spiro atoms. The number of hydrogen-bond donors (Lipinski definition) is 1. The monoisotopic (exact) mass is 201 g/mol. The average Bonchev–Trinajstić information content (AvgIpc) is 2.70. The van der Waals surface area contributed by atoms with Crippen molar-refractivity contribution in [3.63, 3.8) is 0 Å². The van der Waals surface area contributed by atoms with Crippen molar-refractivity contribution in [2.45, 2.75) is 5.92 Å². The summed E-state index contributed by atoms with van der Waals surface area (Å²) in [7, 11) is 0. The summed E-state index contributed by atoms with van der Waals surface area (Å²) in [6, 6.07) is 3.85. The van der Waals surface area contributed by atoms with E-state index in [1.807, 2.05) is 12.1 Å². The molecule has 5 heteroatoms. The quantitative estimate of drug-likeness (QED) is 0.781. The van der Waals surface area contributed by atoms with Crippen molar-refractivity contribution in [1.29, 1.82) is 0 Å². The minimum absolute atomic E-state index is 0.538. The van der Waals surface area contributed by atoms with E-state index in [1.165, 1.54) is 5.69 Å². The molecule has 1 aliphatic rings. The second kappa shape index (κ2) is 3.34. The molecule has 2 aromatic heterocycles.